The highest BCUT2D eigenvalue weighted by atomic mass is 16.6. The topological polar surface area (TPSA) is 62.5 Å². The van der Waals surface area contributed by atoms with Gasteiger partial charge < -0.3 is 9.80 Å². The van der Waals surface area contributed by atoms with Gasteiger partial charge in [0.2, 0.25) is 0 Å². The quantitative estimate of drug-likeness (QED) is 0.617. The summed E-state index contributed by atoms with van der Waals surface area (Å²) in [6, 6.07) is 6.83. The van der Waals surface area contributed by atoms with E-state index in [-0.39, 0.29) is 10.6 Å². The molecule has 104 valence electrons. The first kappa shape index (κ1) is 12.8. The van der Waals surface area contributed by atoms with E-state index in [4.69, 9.17) is 0 Å². The number of piperazine rings is 1. The van der Waals surface area contributed by atoms with Gasteiger partial charge >= 0.3 is 0 Å². The van der Waals surface area contributed by atoms with Crippen LogP contribution in [-0.2, 0) is 0 Å². The predicted octanol–water partition coefficient (Wildman–Crippen LogP) is 1.89. The molecule has 0 unspecified atom stereocenters. The Labute approximate surface area is 116 Å². The fourth-order valence-corrected chi connectivity index (χ4v) is 2.52. The van der Waals surface area contributed by atoms with Gasteiger partial charge in [0.15, 0.2) is 0 Å². The van der Waals surface area contributed by atoms with Gasteiger partial charge in [0.05, 0.1) is 4.92 Å². The second-order valence-corrected chi connectivity index (χ2v) is 5.09. The van der Waals surface area contributed by atoms with E-state index in [9.17, 15) is 10.1 Å². The van der Waals surface area contributed by atoms with Gasteiger partial charge in [0.25, 0.3) is 5.69 Å². The Balaban J connectivity index is 2.05. The fourth-order valence-electron chi connectivity index (χ4n) is 2.52. The van der Waals surface area contributed by atoms with E-state index < -0.39 is 0 Å². The molecule has 6 heteroatoms. The van der Waals surface area contributed by atoms with Crippen LogP contribution in [0.3, 0.4) is 0 Å². The predicted molar refractivity (Wildman–Crippen MR) is 78.1 cm³/mol. The first-order chi connectivity index (χ1) is 9.65. The maximum Gasteiger partial charge on any atom is 0.270 e. The summed E-state index contributed by atoms with van der Waals surface area (Å²) >= 11 is 0. The van der Waals surface area contributed by atoms with Crippen LogP contribution in [0.2, 0.25) is 0 Å². The average molecular weight is 272 g/mol. The van der Waals surface area contributed by atoms with Crippen molar-refractivity contribution in [3.05, 3.63) is 40.6 Å². The minimum Gasteiger partial charge on any atom is -0.354 e. The van der Waals surface area contributed by atoms with E-state index in [0.29, 0.717) is 0 Å². The smallest absolute Gasteiger partial charge is 0.270 e. The summed E-state index contributed by atoms with van der Waals surface area (Å²) in [5.41, 5.74) is 0.112. The third-order valence-electron chi connectivity index (χ3n) is 3.74. The number of benzene rings is 1. The van der Waals surface area contributed by atoms with Crippen LogP contribution in [0.25, 0.3) is 10.8 Å². The average Bonchev–Trinajstić information content (AvgIpc) is 2.47. The number of pyridine rings is 1. The van der Waals surface area contributed by atoms with Crippen LogP contribution in [0.5, 0.6) is 0 Å². The van der Waals surface area contributed by atoms with Gasteiger partial charge in [-0.15, -0.1) is 0 Å². The summed E-state index contributed by atoms with van der Waals surface area (Å²) in [5, 5.41) is 12.8. The largest absolute Gasteiger partial charge is 0.354 e. The van der Waals surface area contributed by atoms with Gasteiger partial charge in [0.1, 0.15) is 5.82 Å². The third-order valence-corrected chi connectivity index (χ3v) is 3.74. The minimum atomic E-state index is -0.361. The van der Waals surface area contributed by atoms with Crippen molar-refractivity contribution in [2.75, 3.05) is 38.1 Å². The number of aromatic nitrogens is 1. The molecule has 3 rings (SSSR count). The Morgan fingerprint density at radius 3 is 2.65 bits per heavy atom. The Kier molecular flexibility index (Phi) is 3.23. The maximum absolute atomic E-state index is 10.9. The van der Waals surface area contributed by atoms with Crippen molar-refractivity contribution in [1.29, 1.82) is 0 Å². The van der Waals surface area contributed by atoms with Crippen molar-refractivity contribution >= 4 is 22.3 Å². The number of non-ortho nitro benzene ring substituents is 1. The Morgan fingerprint density at radius 1 is 1.20 bits per heavy atom. The minimum absolute atomic E-state index is 0.112. The van der Waals surface area contributed by atoms with Gasteiger partial charge in [-0.2, -0.15) is 0 Å². The first-order valence-corrected chi connectivity index (χ1v) is 6.62. The SMILES string of the molecule is CN1CCN(c2nccc3ccc([N+](=O)[O-])cc23)CC1. The zero-order chi connectivity index (χ0) is 14.1. The number of hydrogen-bond acceptors (Lipinski definition) is 5. The zero-order valence-electron chi connectivity index (χ0n) is 11.3. The molecule has 0 saturated carbocycles. The summed E-state index contributed by atoms with van der Waals surface area (Å²) in [6.45, 7) is 3.75. The van der Waals surface area contributed by atoms with E-state index in [1.165, 1.54) is 6.07 Å². The number of hydrogen-bond donors (Lipinski definition) is 0. The second-order valence-electron chi connectivity index (χ2n) is 5.09. The van der Waals surface area contributed by atoms with Crippen LogP contribution in [0.1, 0.15) is 0 Å². The van der Waals surface area contributed by atoms with Crippen molar-refractivity contribution < 1.29 is 4.92 Å². The number of nitro groups is 1. The molecule has 0 N–H and O–H groups in total. The Bertz CT molecular complexity index is 651. The lowest BCUT2D eigenvalue weighted by molar-refractivity contribution is -0.384. The number of anilines is 1. The highest BCUT2D eigenvalue weighted by Crippen LogP contribution is 2.28. The van der Waals surface area contributed by atoms with Crippen LogP contribution < -0.4 is 4.90 Å². The van der Waals surface area contributed by atoms with E-state index in [2.05, 4.69) is 21.8 Å². The molecule has 0 spiro atoms. The summed E-state index contributed by atoms with van der Waals surface area (Å²) in [5.74, 6) is 0.847. The van der Waals surface area contributed by atoms with Crippen LogP contribution in [0.15, 0.2) is 30.5 Å². The van der Waals surface area contributed by atoms with Crippen molar-refractivity contribution in [1.82, 2.24) is 9.88 Å². The van der Waals surface area contributed by atoms with E-state index in [1.54, 1.807) is 18.3 Å². The van der Waals surface area contributed by atoms with Crippen molar-refractivity contribution in [3.63, 3.8) is 0 Å². The van der Waals surface area contributed by atoms with Gasteiger partial charge in [-0.3, -0.25) is 10.1 Å². The molecule has 2 aromatic rings. The second kappa shape index (κ2) is 5.05. The van der Waals surface area contributed by atoms with E-state index >= 15 is 0 Å². The summed E-state index contributed by atoms with van der Waals surface area (Å²) < 4.78 is 0. The molecule has 1 aromatic carbocycles. The van der Waals surface area contributed by atoms with Gasteiger partial charge in [-0.1, -0.05) is 0 Å². The molecule has 1 saturated heterocycles. The zero-order valence-corrected chi connectivity index (χ0v) is 11.3. The molecular weight excluding hydrogens is 256 g/mol. The number of fused-ring (bicyclic) bond motifs is 1. The highest BCUT2D eigenvalue weighted by molar-refractivity contribution is 5.93. The number of nitro benzene ring substituents is 1. The van der Waals surface area contributed by atoms with Gasteiger partial charge in [0, 0.05) is 49.9 Å². The van der Waals surface area contributed by atoms with Crippen LogP contribution in [-0.4, -0.2) is 48.0 Å². The first-order valence-electron chi connectivity index (χ1n) is 6.62. The maximum atomic E-state index is 10.9. The Morgan fingerprint density at radius 2 is 1.95 bits per heavy atom. The van der Waals surface area contributed by atoms with E-state index in [1.807, 2.05) is 6.07 Å². The van der Waals surface area contributed by atoms with Crippen LogP contribution in [0, 0.1) is 10.1 Å². The lowest BCUT2D eigenvalue weighted by Gasteiger charge is -2.33. The fraction of sp³-hybridized carbons (Fsp3) is 0.357. The number of nitrogens with zero attached hydrogens (tertiary/aromatic N) is 4. The highest BCUT2D eigenvalue weighted by Gasteiger charge is 2.18. The molecule has 0 atom stereocenters. The molecule has 0 radical (unpaired) electrons. The third kappa shape index (κ3) is 2.30. The van der Waals surface area contributed by atoms with E-state index in [0.717, 1.165) is 42.8 Å². The van der Waals surface area contributed by atoms with Gasteiger partial charge in [-0.25, -0.2) is 4.98 Å². The summed E-state index contributed by atoms with van der Waals surface area (Å²) in [7, 11) is 2.10. The Hall–Kier alpha value is -2.21. The van der Waals surface area contributed by atoms with Crippen molar-refractivity contribution in [2.45, 2.75) is 0 Å². The summed E-state index contributed by atoms with van der Waals surface area (Å²) in [4.78, 5) is 19.5. The van der Waals surface area contributed by atoms with Gasteiger partial charge in [-0.05, 0) is 24.6 Å². The van der Waals surface area contributed by atoms with Crippen molar-refractivity contribution in [3.8, 4) is 0 Å². The molecule has 0 bridgehead atoms. The lowest BCUT2D eigenvalue weighted by Crippen LogP contribution is -2.44. The monoisotopic (exact) mass is 272 g/mol. The molecule has 20 heavy (non-hydrogen) atoms. The molecule has 1 aromatic heterocycles. The van der Waals surface area contributed by atoms with Crippen molar-refractivity contribution in [2.24, 2.45) is 0 Å². The molecule has 2 heterocycles. The lowest BCUT2D eigenvalue weighted by atomic mass is 10.1. The summed E-state index contributed by atoms with van der Waals surface area (Å²) in [6.07, 6.45) is 1.77. The molecular formula is C14H16N4O2. The molecule has 1 aliphatic rings. The molecule has 1 fully saturated rings. The number of likely N-dealkylation sites (N-methyl/N-ethyl adjacent to an activating group) is 1. The molecule has 0 amide bonds. The molecule has 6 nitrogen and oxygen atoms in total. The molecule has 0 aliphatic carbocycles. The normalized spacial score (nSPS) is 16.6. The van der Waals surface area contributed by atoms with Crippen LogP contribution >= 0.6 is 0 Å². The molecule has 1 aliphatic heterocycles. The van der Waals surface area contributed by atoms with Crippen LogP contribution in [0.4, 0.5) is 11.5 Å². The standard InChI is InChI=1S/C14H16N4O2/c1-16-6-8-17(9-7-16)14-13-10-12(18(19)20)3-2-11(13)4-5-15-14/h2-5,10H,6-9H2,1H3. The number of rotatable bonds is 2.